The van der Waals surface area contributed by atoms with Gasteiger partial charge in [0.2, 0.25) is 6.20 Å². The summed E-state index contributed by atoms with van der Waals surface area (Å²) in [5.74, 6) is -0.670. The fourth-order valence-corrected chi connectivity index (χ4v) is 3.86. The topological polar surface area (TPSA) is 92.4 Å². The van der Waals surface area contributed by atoms with Crippen LogP contribution in [0.15, 0.2) is 60.0 Å². The minimum atomic E-state index is -4.18. The highest BCUT2D eigenvalue weighted by Crippen LogP contribution is 2.35. The SMILES string of the molecule is O=C(N[n+]1cccc(-c2cnco2)c1)c1cnn2ccc(N3CCC(C(F)(F)F)CC3)nc12. The molecule has 0 spiro atoms. The van der Waals surface area contributed by atoms with Crippen molar-refractivity contribution in [2.45, 2.75) is 19.0 Å². The van der Waals surface area contributed by atoms with Crippen molar-refractivity contribution in [2.24, 2.45) is 5.92 Å². The van der Waals surface area contributed by atoms with Crippen molar-refractivity contribution >= 4 is 17.4 Å². The molecule has 0 aromatic carbocycles. The summed E-state index contributed by atoms with van der Waals surface area (Å²) in [4.78, 5) is 23.1. The van der Waals surface area contributed by atoms with Gasteiger partial charge < -0.3 is 9.32 Å². The molecule has 1 aliphatic rings. The van der Waals surface area contributed by atoms with Crippen molar-refractivity contribution in [1.82, 2.24) is 19.6 Å². The van der Waals surface area contributed by atoms with Crippen molar-refractivity contribution < 1.29 is 27.1 Å². The molecule has 0 unspecified atom stereocenters. The van der Waals surface area contributed by atoms with Gasteiger partial charge in [-0.25, -0.2) is 14.5 Å². The Bertz CT molecular complexity index is 1280. The molecule has 5 heterocycles. The van der Waals surface area contributed by atoms with Crippen LogP contribution in [0.2, 0.25) is 0 Å². The highest BCUT2D eigenvalue weighted by Gasteiger charge is 2.41. The number of amides is 1. The largest absolute Gasteiger partial charge is 0.443 e. The Morgan fingerprint density at radius 1 is 1.21 bits per heavy atom. The maximum absolute atomic E-state index is 13.0. The van der Waals surface area contributed by atoms with E-state index >= 15 is 0 Å². The molecule has 0 aliphatic carbocycles. The Balaban J connectivity index is 1.35. The van der Waals surface area contributed by atoms with E-state index in [1.165, 1.54) is 21.8 Å². The lowest BCUT2D eigenvalue weighted by Gasteiger charge is -2.33. The molecule has 0 bridgehead atoms. The van der Waals surface area contributed by atoms with Crippen molar-refractivity contribution in [1.29, 1.82) is 0 Å². The Hall–Kier alpha value is -3.96. The summed E-state index contributed by atoms with van der Waals surface area (Å²) in [5, 5.41) is 4.16. The zero-order valence-corrected chi connectivity index (χ0v) is 17.2. The molecule has 0 saturated carbocycles. The van der Waals surface area contributed by atoms with Gasteiger partial charge >= 0.3 is 12.1 Å². The zero-order valence-electron chi connectivity index (χ0n) is 17.2. The van der Waals surface area contributed by atoms with Crippen LogP contribution in [-0.4, -0.2) is 44.8 Å². The predicted molar refractivity (Wildman–Crippen MR) is 110 cm³/mol. The van der Waals surface area contributed by atoms with Gasteiger partial charge in [0.25, 0.3) is 0 Å². The van der Waals surface area contributed by atoms with Crippen LogP contribution in [0.3, 0.4) is 0 Å². The van der Waals surface area contributed by atoms with Gasteiger partial charge in [-0.15, -0.1) is 5.43 Å². The van der Waals surface area contributed by atoms with E-state index in [-0.39, 0.29) is 31.5 Å². The molecular weight excluding hydrogens is 439 g/mol. The molecule has 1 fully saturated rings. The van der Waals surface area contributed by atoms with Crippen molar-refractivity contribution in [2.75, 3.05) is 23.4 Å². The summed E-state index contributed by atoms with van der Waals surface area (Å²) < 4.78 is 47.1. The molecule has 1 saturated heterocycles. The summed E-state index contributed by atoms with van der Waals surface area (Å²) in [5.41, 5.74) is 4.01. The summed E-state index contributed by atoms with van der Waals surface area (Å²) >= 11 is 0. The van der Waals surface area contributed by atoms with Gasteiger partial charge in [-0.1, -0.05) is 4.68 Å². The van der Waals surface area contributed by atoms with Gasteiger partial charge in [0, 0.05) is 25.4 Å². The smallest absolute Gasteiger partial charge is 0.391 e. The number of nitrogens with zero attached hydrogens (tertiary/aromatic N) is 6. The summed E-state index contributed by atoms with van der Waals surface area (Å²) in [7, 11) is 0. The Morgan fingerprint density at radius 2 is 2.03 bits per heavy atom. The number of rotatable bonds is 4. The van der Waals surface area contributed by atoms with Crippen LogP contribution in [0.5, 0.6) is 0 Å². The number of carbonyl (C=O) groups is 1. The Kier molecular flexibility index (Phi) is 5.19. The van der Waals surface area contributed by atoms with Crippen molar-refractivity contribution in [3.63, 3.8) is 0 Å². The van der Waals surface area contributed by atoms with Crippen LogP contribution < -0.4 is 15.0 Å². The second kappa shape index (κ2) is 8.19. The minimum Gasteiger partial charge on any atom is -0.443 e. The van der Waals surface area contributed by atoms with Gasteiger partial charge in [-0.3, -0.25) is 4.79 Å². The molecule has 0 radical (unpaired) electrons. The van der Waals surface area contributed by atoms with E-state index in [0.29, 0.717) is 17.2 Å². The Labute approximate surface area is 185 Å². The van der Waals surface area contributed by atoms with E-state index in [1.54, 1.807) is 41.8 Å². The number of oxazole rings is 1. The lowest BCUT2D eigenvalue weighted by molar-refractivity contribution is -0.640. The molecule has 9 nitrogen and oxygen atoms in total. The van der Waals surface area contributed by atoms with E-state index < -0.39 is 18.0 Å². The fraction of sp³-hybridized carbons (Fsp3) is 0.286. The van der Waals surface area contributed by atoms with E-state index in [1.807, 2.05) is 6.07 Å². The first kappa shape index (κ1) is 20.9. The second-order valence-corrected chi connectivity index (χ2v) is 7.72. The number of hydrogen-bond donors (Lipinski definition) is 1. The average molecular weight is 458 g/mol. The van der Waals surface area contributed by atoms with Crippen molar-refractivity contribution in [3.8, 4) is 11.3 Å². The third-order valence-electron chi connectivity index (χ3n) is 5.63. The van der Waals surface area contributed by atoms with Gasteiger partial charge in [-0.05, 0) is 25.0 Å². The summed E-state index contributed by atoms with van der Waals surface area (Å²) in [6.45, 7) is 0.487. The molecule has 12 heteroatoms. The lowest BCUT2D eigenvalue weighted by atomic mass is 9.96. The third kappa shape index (κ3) is 4.23. The number of alkyl halides is 3. The van der Waals surface area contributed by atoms with Crippen LogP contribution in [0.25, 0.3) is 17.0 Å². The molecule has 170 valence electrons. The number of fused-ring (bicyclic) bond motifs is 1. The average Bonchev–Trinajstić information content (AvgIpc) is 3.49. The number of pyridine rings is 1. The van der Waals surface area contributed by atoms with Crippen LogP contribution in [0.1, 0.15) is 23.2 Å². The zero-order chi connectivity index (χ0) is 23.0. The first-order chi connectivity index (χ1) is 15.9. The molecule has 4 aromatic rings. The lowest BCUT2D eigenvalue weighted by Crippen LogP contribution is -2.47. The van der Waals surface area contributed by atoms with E-state index in [4.69, 9.17) is 4.42 Å². The number of halogens is 3. The standard InChI is InChI=1S/C21H18F3N7O2/c22-21(23,24)15-3-7-29(8-4-15)18-5-9-31-19(27-18)16(10-26-31)20(32)28-30-6-1-2-14(12-30)17-11-25-13-33-17/h1-2,5-6,9-13,15H,3-4,7-8H2/p+1. The van der Waals surface area contributed by atoms with Gasteiger partial charge in [-0.2, -0.15) is 18.3 Å². The maximum Gasteiger partial charge on any atom is 0.391 e. The second-order valence-electron chi connectivity index (χ2n) is 7.72. The first-order valence-corrected chi connectivity index (χ1v) is 10.3. The van der Waals surface area contributed by atoms with E-state index in [9.17, 15) is 18.0 Å². The molecule has 5 rings (SSSR count). The van der Waals surface area contributed by atoms with Gasteiger partial charge in [0.1, 0.15) is 11.4 Å². The highest BCUT2D eigenvalue weighted by molar-refractivity contribution is 6.03. The van der Waals surface area contributed by atoms with Crippen LogP contribution in [0, 0.1) is 5.92 Å². The number of anilines is 1. The Morgan fingerprint density at radius 3 is 2.76 bits per heavy atom. The van der Waals surface area contributed by atoms with Crippen LogP contribution in [0.4, 0.5) is 19.0 Å². The summed E-state index contributed by atoms with van der Waals surface area (Å²) in [6, 6.07) is 5.24. The number of hydrogen-bond acceptors (Lipinski definition) is 6. The van der Waals surface area contributed by atoms with Crippen LogP contribution >= 0.6 is 0 Å². The maximum atomic E-state index is 13.0. The fourth-order valence-electron chi connectivity index (χ4n) is 3.86. The number of carbonyl (C=O) groups excluding carboxylic acids is 1. The van der Waals surface area contributed by atoms with E-state index in [0.717, 1.165) is 5.56 Å². The van der Waals surface area contributed by atoms with Crippen LogP contribution in [-0.2, 0) is 0 Å². The van der Waals surface area contributed by atoms with Gasteiger partial charge in [0.05, 0.1) is 23.9 Å². The number of aromatic nitrogens is 5. The molecule has 1 aliphatic heterocycles. The highest BCUT2D eigenvalue weighted by atomic mass is 19.4. The molecule has 1 amide bonds. The predicted octanol–water partition coefficient (Wildman–Crippen LogP) is 2.83. The summed E-state index contributed by atoms with van der Waals surface area (Å²) in [6.07, 6.45) is 5.11. The normalized spacial score (nSPS) is 15.2. The molecule has 0 atom stereocenters. The molecule has 1 N–H and O–H groups in total. The number of nitrogens with one attached hydrogen (secondary N) is 1. The number of piperidine rings is 1. The van der Waals surface area contributed by atoms with Gasteiger partial charge in [0.15, 0.2) is 24.0 Å². The monoisotopic (exact) mass is 458 g/mol. The first-order valence-electron chi connectivity index (χ1n) is 10.3. The molecular formula is C21H19F3N7O2+. The molecule has 4 aromatic heterocycles. The van der Waals surface area contributed by atoms with Crippen molar-refractivity contribution in [3.05, 3.63) is 61.1 Å². The molecule has 33 heavy (non-hydrogen) atoms. The third-order valence-corrected chi connectivity index (χ3v) is 5.63. The minimum absolute atomic E-state index is 0.0150. The quantitative estimate of drug-likeness (QED) is 0.473. The van der Waals surface area contributed by atoms with E-state index in [2.05, 4.69) is 20.5 Å².